The molecule has 0 bridgehead atoms. The monoisotopic (exact) mass is 204 g/mol. The van der Waals surface area contributed by atoms with E-state index < -0.39 is 5.78 Å². The predicted octanol–water partition coefficient (Wildman–Crippen LogP) is 2.47. The highest BCUT2D eigenvalue weighted by atomic mass is 16.4. The molecule has 0 atom stereocenters. The highest BCUT2D eigenvalue weighted by molar-refractivity contribution is 6.06. The van der Waals surface area contributed by atoms with Gasteiger partial charge in [-0.2, -0.15) is 0 Å². The van der Waals surface area contributed by atoms with Crippen molar-refractivity contribution >= 4 is 11.9 Å². The van der Waals surface area contributed by atoms with Crippen LogP contribution in [0.4, 0.5) is 0 Å². The van der Waals surface area contributed by atoms with Crippen molar-refractivity contribution in [2.45, 2.75) is 0 Å². The molecule has 0 unspecified atom stereocenters. The van der Waals surface area contributed by atoms with Gasteiger partial charge in [0.2, 0.25) is 11.5 Å². The van der Waals surface area contributed by atoms with Crippen LogP contribution < -0.4 is 0 Å². The molecule has 0 aromatic carbocycles. The molecule has 2 heterocycles. The Bertz CT molecular complexity index is 476. The van der Waals surface area contributed by atoms with Crippen molar-refractivity contribution in [3.63, 3.8) is 0 Å². The van der Waals surface area contributed by atoms with Gasteiger partial charge in [0, 0.05) is 6.07 Å². The van der Waals surface area contributed by atoms with Gasteiger partial charge in [-0.05, 0) is 24.3 Å². The van der Waals surface area contributed by atoms with E-state index in [-0.39, 0.29) is 11.5 Å². The molecular formula is C11H8O4. The number of hydrogen-bond donors (Lipinski definition) is 1. The molecule has 0 radical (unpaired) electrons. The van der Waals surface area contributed by atoms with Crippen LogP contribution in [-0.2, 0) is 0 Å². The predicted molar refractivity (Wildman–Crippen MR) is 52.4 cm³/mol. The minimum absolute atomic E-state index is 0.0715. The van der Waals surface area contributed by atoms with E-state index >= 15 is 0 Å². The average Bonchev–Trinajstić information content (AvgIpc) is 2.84. The summed E-state index contributed by atoms with van der Waals surface area (Å²) in [7, 11) is 0. The largest absolute Gasteiger partial charge is 0.504 e. The van der Waals surface area contributed by atoms with Gasteiger partial charge in [0.25, 0.3) is 0 Å². The first-order valence-electron chi connectivity index (χ1n) is 4.30. The number of carbonyl (C=O) groups excluding carboxylic acids is 1. The van der Waals surface area contributed by atoms with Crippen LogP contribution in [0.25, 0.3) is 6.08 Å². The van der Waals surface area contributed by atoms with Gasteiger partial charge in [0.05, 0.1) is 12.5 Å². The topological polar surface area (TPSA) is 63.6 Å². The number of furan rings is 2. The molecule has 2 rings (SSSR count). The van der Waals surface area contributed by atoms with E-state index in [1.165, 1.54) is 30.7 Å². The molecule has 0 fully saturated rings. The van der Waals surface area contributed by atoms with Crippen LogP contribution in [0, 0.1) is 0 Å². The summed E-state index contributed by atoms with van der Waals surface area (Å²) in [6.07, 6.45) is 5.54. The van der Waals surface area contributed by atoms with Crippen molar-refractivity contribution in [1.82, 2.24) is 0 Å². The Morgan fingerprint density at radius 1 is 1.27 bits per heavy atom. The Morgan fingerprint density at radius 3 is 2.73 bits per heavy atom. The molecule has 0 amide bonds. The zero-order chi connectivity index (χ0) is 10.7. The van der Waals surface area contributed by atoms with Crippen molar-refractivity contribution in [3.05, 3.63) is 48.3 Å². The summed E-state index contributed by atoms with van der Waals surface area (Å²) in [6.45, 7) is 0. The molecule has 0 spiro atoms. The zero-order valence-electron chi connectivity index (χ0n) is 7.71. The molecule has 0 saturated heterocycles. The lowest BCUT2D eigenvalue weighted by Gasteiger charge is -1.89. The normalized spacial score (nSPS) is 10.9. The van der Waals surface area contributed by atoms with Crippen LogP contribution in [-0.4, -0.2) is 10.9 Å². The summed E-state index contributed by atoms with van der Waals surface area (Å²) >= 11 is 0. The van der Waals surface area contributed by atoms with Gasteiger partial charge in [-0.25, -0.2) is 0 Å². The van der Waals surface area contributed by atoms with Gasteiger partial charge in [0.15, 0.2) is 5.75 Å². The molecule has 0 aliphatic carbocycles. The maximum Gasteiger partial charge on any atom is 0.225 e. The highest BCUT2D eigenvalue weighted by Crippen LogP contribution is 2.18. The molecule has 0 aliphatic heterocycles. The van der Waals surface area contributed by atoms with Gasteiger partial charge >= 0.3 is 0 Å². The lowest BCUT2D eigenvalue weighted by molar-refractivity contribution is 0.101. The standard InChI is InChI=1S/C11H8O4/c12-9(11-10(13)5-7-15-11)4-3-8-2-1-6-14-8/h1-7,13H/b4-3+. The minimum Gasteiger partial charge on any atom is -0.504 e. The van der Waals surface area contributed by atoms with Gasteiger partial charge < -0.3 is 13.9 Å². The van der Waals surface area contributed by atoms with Gasteiger partial charge in [-0.15, -0.1) is 0 Å². The average molecular weight is 204 g/mol. The fourth-order valence-corrected chi connectivity index (χ4v) is 1.11. The Morgan fingerprint density at radius 2 is 2.13 bits per heavy atom. The summed E-state index contributed by atoms with van der Waals surface area (Å²) in [6, 6.07) is 4.74. The molecular weight excluding hydrogens is 196 g/mol. The van der Waals surface area contributed by atoms with Gasteiger partial charge in [0.1, 0.15) is 5.76 Å². The summed E-state index contributed by atoms with van der Waals surface area (Å²) in [4.78, 5) is 11.4. The van der Waals surface area contributed by atoms with Crippen LogP contribution >= 0.6 is 0 Å². The maximum atomic E-state index is 11.4. The lowest BCUT2D eigenvalue weighted by atomic mass is 10.2. The molecule has 4 nitrogen and oxygen atoms in total. The fraction of sp³-hybridized carbons (Fsp3) is 0. The first-order valence-corrected chi connectivity index (χ1v) is 4.30. The van der Waals surface area contributed by atoms with E-state index in [9.17, 15) is 9.90 Å². The van der Waals surface area contributed by atoms with Crippen LogP contribution in [0.15, 0.2) is 45.6 Å². The Balaban J connectivity index is 2.14. The van der Waals surface area contributed by atoms with Crippen LogP contribution in [0.3, 0.4) is 0 Å². The van der Waals surface area contributed by atoms with E-state index in [0.717, 1.165) is 0 Å². The molecule has 2 aromatic heterocycles. The highest BCUT2D eigenvalue weighted by Gasteiger charge is 2.11. The third-order valence-electron chi connectivity index (χ3n) is 1.81. The van der Waals surface area contributed by atoms with E-state index in [2.05, 4.69) is 0 Å². The summed E-state index contributed by atoms with van der Waals surface area (Å²) in [5, 5.41) is 9.21. The minimum atomic E-state index is -0.408. The quantitative estimate of drug-likeness (QED) is 0.616. The number of rotatable bonds is 3. The van der Waals surface area contributed by atoms with Crippen molar-refractivity contribution in [2.75, 3.05) is 0 Å². The number of aromatic hydroxyl groups is 1. The summed E-state index contributed by atoms with van der Waals surface area (Å²) < 4.78 is 9.81. The summed E-state index contributed by atoms with van der Waals surface area (Å²) in [5.74, 6) is -0.0785. The first-order chi connectivity index (χ1) is 7.27. The van der Waals surface area contributed by atoms with Crippen LogP contribution in [0.2, 0.25) is 0 Å². The van der Waals surface area contributed by atoms with E-state index in [4.69, 9.17) is 8.83 Å². The van der Waals surface area contributed by atoms with E-state index in [0.29, 0.717) is 5.76 Å². The third kappa shape index (κ3) is 1.99. The SMILES string of the molecule is O=C(/C=C/c1ccco1)c1occc1O. The summed E-state index contributed by atoms with van der Waals surface area (Å²) in [5.41, 5.74) is 0. The Hall–Kier alpha value is -2.23. The molecule has 76 valence electrons. The molecule has 15 heavy (non-hydrogen) atoms. The van der Waals surface area contributed by atoms with Crippen molar-refractivity contribution in [1.29, 1.82) is 0 Å². The van der Waals surface area contributed by atoms with Crippen LogP contribution in [0.1, 0.15) is 16.3 Å². The molecule has 4 heteroatoms. The smallest absolute Gasteiger partial charge is 0.225 e. The van der Waals surface area contributed by atoms with Gasteiger partial charge in [-0.1, -0.05) is 0 Å². The zero-order valence-corrected chi connectivity index (χ0v) is 7.71. The number of hydrogen-bond acceptors (Lipinski definition) is 4. The molecule has 0 aliphatic rings. The first kappa shape index (κ1) is 9.33. The molecule has 1 N–H and O–H groups in total. The van der Waals surface area contributed by atoms with Crippen molar-refractivity contribution in [2.24, 2.45) is 0 Å². The maximum absolute atomic E-state index is 11.4. The molecule has 0 saturated carbocycles. The third-order valence-corrected chi connectivity index (χ3v) is 1.81. The van der Waals surface area contributed by atoms with Crippen molar-refractivity contribution < 1.29 is 18.7 Å². The van der Waals surface area contributed by atoms with Crippen LogP contribution in [0.5, 0.6) is 5.75 Å². The Kier molecular flexibility index (Phi) is 2.41. The van der Waals surface area contributed by atoms with Gasteiger partial charge in [-0.3, -0.25) is 4.79 Å². The fourth-order valence-electron chi connectivity index (χ4n) is 1.11. The molecule has 2 aromatic rings. The number of allylic oxidation sites excluding steroid dienone is 1. The lowest BCUT2D eigenvalue weighted by Crippen LogP contribution is -1.90. The Labute approximate surface area is 85.4 Å². The van der Waals surface area contributed by atoms with Crippen molar-refractivity contribution in [3.8, 4) is 5.75 Å². The number of ketones is 1. The second-order valence-electron chi connectivity index (χ2n) is 2.85. The second-order valence-corrected chi connectivity index (χ2v) is 2.85. The number of carbonyl (C=O) groups is 1. The van der Waals surface area contributed by atoms with E-state index in [1.54, 1.807) is 12.1 Å². The second kappa shape index (κ2) is 3.88. The van der Waals surface area contributed by atoms with E-state index in [1.807, 2.05) is 0 Å².